The lowest BCUT2D eigenvalue weighted by Crippen LogP contribution is -2.29. The number of carbonyl (C=O) groups excluding carboxylic acids is 1. The van der Waals surface area contributed by atoms with Crippen molar-refractivity contribution in [1.82, 2.24) is 5.32 Å². The molecule has 0 aliphatic rings. The Labute approximate surface area is 159 Å². The van der Waals surface area contributed by atoms with Gasteiger partial charge in [0.15, 0.2) is 0 Å². The zero-order chi connectivity index (χ0) is 18.4. The van der Waals surface area contributed by atoms with Gasteiger partial charge in [-0.25, -0.2) is 0 Å². The normalized spacial score (nSPS) is 11.8. The Bertz CT molecular complexity index is 859. The van der Waals surface area contributed by atoms with E-state index in [4.69, 9.17) is 11.6 Å². The summed E-state index contributed by atoms with van der Waals surface area (Å²) in [7, 11) is 0. The number of halogens is 1. The fourth-order valence-electron chi connectivity index (χ4n) is 3.00. The average Bonchev–Trinajstić information content (AvgIpc) is 2.66. The molecule has 0 bridgehead atoms. The second kappa shape index (κ2) is 8.68. The van der Waals surface area contributed by atoms with Crippen molar-refractivity contribution in [2.45, 2.75) is 25.8 Å². The third-order valence-corrected chi connectivity index (χ3v) is 4.62. The molecule has 1 amide bonds. The van der Waals surface area contributed by atoms with Crippen LogP contribution in [-0.2, 0) is 11.2 Å². The van der Waals surface area contributed by atoms with Crippen molar-refractivity contribution in [3.63, 3.8) is 0 Å². The first-order valence-corrected chi connectivity index (χ1v) is 9.15. The molecule has 3 heteroatoms. The van der Waals surface area contributed by atoms with Gasteiger partial charge in [0, 0.05) is 11.4 Å². The molecule has 0 aliphatic carbocycles. The van der Waals surface area contributed by atoms with Gasteiger partial charge in [0.25, 0.3) is 0 Å². The smallest absolute Gasteiger partial charge is 0.221 e. The van der Waals surface area contributed by atoms with Gasteiger partial charge in [-0.05, 0) is 42.2 Å². The van der Waals surface area contributed by atoms with Crippen molar-refractivity contribution >= 4 is 17.5 Å². The SMILES string of the molecule is Cc1cccc([C@@H](NC(=O)CCc2ccc(Cl)cc2)c2ccccc2)c1. The van der Waals surface area contributed by atoms with E-state index < -0.39 is 0 Å². The topological polar surface area (TPSA) is 29.1 Å². The van der Waals surface area contributed by atoms with E-state index in [1.807, 2.05) is 60.7 Å². The number of nitrogens with one attached hydrogen (secondary N) is 1. The highest BCUT2D eigenvalue weighted by atomic mass is 35.5. The molecule has 0 fully saturated rings. The zero-order valence-electron chi connectivity index (χ0n) is 14.8. The number of aryl methyl sites for hydroxylation is 2. The lowest BCUT2D eigenvalue weighted by molar-refractivity contribution is -0.121. The van der Waals surface area contributed by atoms with Gasteiger partial charge in [0.2, 0.25) is 5.91 Å². The quantitative estimate of drug-likeness (QED) is 0.616. The van der Waals surface area contributed by atoms with Crippen LogP contribution in [0.15, 0.2) is 78.9 Å². The van der Waals surface area contributed by atoms with Gasteiger partial charge < -0.3 is 5.32 Å². The summed E-state index contributed by atoms with van der Waals surface area (Å²) < 4.78 is 0. The van der Waals surface area contributed by atoms with Crippen molar-refractivity contribution < 1.29 is 4.79 Å². The molecule has 0 saturated carbocycles. The standard InChI is InChI=1S/C23H22ClNO/c1-17-6-5-9-20(16-17)23(19-7-3-2-4-8-19)25-22(26)15-12-18-10-13-21(24)14-11-18/h2-11,13-14,16,23H,12,15H2,1H3,(H,25,26)/t23-/m0/s1. The first-order valence-electron chi connectivity index (χ1n) is 8.77. The monoisotopic (exact) mass is 363 g/mol. The lowest BCUT2D eigenvalue weighted by atomic mass is 9.97. The van der Waals surface area contributed by atoms with Crippen LogP contribution >= 0.6 is 11.6 Å². The van der Waals surface area contributed by atoms with Crippen LogP contribution in [0.5, 0.6) is 0 Å². The van der Waals surface area contributed by atoms with Gasteiger partial charge in [-0.3, -0.25) is 4.79 Å². The molecule has 2 nitrogen and oxygen atoms in total. The molecule has 0 aromatic heterocycles. The van der Waals surface area contributed by atoms with E-state index in [1.165, 1.54) is 5.56 Å². The number of hydrogen-bond donors (Lipinski definition) is 1. The molecule has 3 rings (SSSR count). The molecule has 0 aliphatic heterocycles. The van der Waals surface area contributed by atoms with Crippen LogP contribution in [0.3, 0.4) is 0 Å². The largest absolute Gasteiger partial charge is 0.345 e. The Morgan fingerprint density at radius 2 is 1.62 bits per heavy atom. The Morgan fingerprint density at radius 1 is 0.923 bits per heavy atom. The average molecular weight is 364 g/mol. The summed E-state index contributed by atoms with van der Waals surface area (Å²) in [6, 6.07) is 25.8. The minimum atomic E-state index is -0.145. The molecule has 0 unspecified atom stereocenters. The molecular weight excluding hydrogens is 342 g/mol. The number of hydrogen-bond acceptors (Lipinski definition) is 1. The van der Waals surface area contributed by atoms with Gasteiger partial charge in [0.1, 0.15) is 0 Å². The summed E-state index contributed by atoms with van der Waals surface area (Å²) >= 11 is 5.91. The summed E-state index contributed by atoms with van der Waals surface area (Å²) in [5.41, 5.74) is 4.46. The van der Waals surface area contributed by atoms with Crippen LogP contribution in [-0.4, -0.2) is 5.91 Å². The number of carbonyl (C=O) groups is 1. The van der Waals surface area contributed by atoms with E-state index in [0.29, 0.717) is 17.9 Å². The summed E-state index contributed by atoms with van der Waals surface area (Å²) in [5.74, 6) is 0.0373. The summed E-state index contributed by atoms with van der Waals surface area (Å²) in [6.45, 7) is 2.06. The van der Waals surface area contributed by atoms with Crippen LogP contribution in [0.1, 0.15) is 34.7 Å². The van der Waals surface area contributed by atoms with Crippen molar-refractivity contribution in [2.24, 2.45) is 0 Å². The highest BCUT2D eigenvalue weighted by molar-refractivity contribution is 6.30. The van der Waals surface area contributed by atoms with E-state index in [1.54, 1.807) is 0 Å². The molecule has 1 N–H and O–H groups in total. The van der Waals surface area contributed by atoms with Gasteiger partial charge in [-0.15, -0.1) is 0 Å². The highest BCUT2D eigenvalue weighted by Gasteiger charge is 2.16. The molecule has 1 atom stereocenters. The molecule has 3 aromatic rings. The van der Waals surface area contributed by atoms with Crippen molar-refractivity contribution in [3.8, 4) is 0 Å². The van der Waals surface area contributed by atoms with E-state index >= 15 is 0 Å². The number of benzene rings is 3. The summed E-state index contributed by atoms with van der Waals surface area (Å²) in [6.07, 6.45) is 1.13. The molecule has 3 aromatic carbocycles. The zero-order valence-corrected chi connectivity index (χ0v) is 15.5. The number of amides is 1. The maximum absolute atomic E-state index is 12.6. The van der Waals surface area contributed by atoms with Crippen LogP contribution in [0.25, 0.3) is 0 Å². The molecular formula is C23H22ClNO. The van der Waals surface area contributed by atoms with Crippen LogP contribution in [0, 0.1) is 6.92 Å². The van der Waals surface area contributed by atoms with Crippen LogP contribution in [0.2, 0.25) is 5.02 Å². The number of rotatable bonds is 6. The lowest BCUT2D eigenvalue weighted by Gasteiger charge is -2.20. The Balaban J connectivity index is 1.73. The third kappa shape index (κ3) is 4.96. The van der Waals surface area contributed by atoms with E-state index in [0.717, 1.165) is 16.7 Å². The van der Waals surface area contributed by atoms with Gasteiger partial charge in [-0.2, -0.15) is 0 Å². The molecule has 0 heterocycles. The Morgan fingerprint density at radius 3 is 2.31 bits per heavy atom. The van der Waals surface area contributed by atoms with Crippen molar-refractivity contribution in [3.05, 3.63) is 106 Å². The fraction of sp³-hybridized carbons (Fsp3) is 0.174. The molecule has 0 saturated heterocycles. The van der Waals surface area contributed by atoms with E-state index in [9.17, 15) is 4.79 Å². The van der Waals surface area contributed by atoms with Gasteiger partial charge in [0.05, 0.1) is 6.04 Å². The van der Waals surface area contributed by atoms with Crippen molar-refractivity contribution in [2.75, 3.05) is 0 Å². The van der Waals surface area contributed by atoms with Gasteiger partial charge in [-0.1, -0.05) is 83.9 Å². The Kier molecular flexibility index (Phi) is 6.08. The maximum Gasteiger partial charge on any atom is 0.221 e. The molecule has 0 spiro atoms. The van der Waals surface area contributed by atoms with E-state index in [2.05, 4.69) is 30.4 Å². The van der Waals surface area contributed by atoms with Crippen LogP contribution < -0.4 is 5.32 Å². The fourth-order valence-corrected chi connectivity index (χ4v) is 3.12. The predicted molar refractivity (Wildman–Crippen MR) is 107 cm³/mol. The second-order valence-corrected chi connectivity index (χ2v) is 6.89. The highest BCUT2D eigenvalue weighted by Crippen LogP contribution is 2.23. The minimum absolute atomic E-state index is 0.0373. The van der Waals surface area contributed by atoms with Crippen LogP contribution in [0.4, 0.5) is 0 Å². The molecule has 26 heavy (non-hydrogen) atoms. The van der Waals surface area contributed by atoms with E-state index in [-0.39, 0.29) is 11.9 Å². The minimum Gasteiger partial charge on any atom is -0.345 e. The summed E-state index contributed by atoms with van der Waals surface area (Å²) in [4.78, 5) is 12.6. The van der Waals surface area contributed by atoms with Crippen molar-refractivity contribution in [1.29, 1.82) is 0 Å². The molecule has 132 valence electrons. The van der Waals surface area contributed by atoms with Gasteiger partial charge >= 0.3 is 0 Å². The predicted octanol–water partition coefficient (Wildman–Crippen LogP) is 5.49. The maximum atomic E-state index is 12.6. The Hall–Kier alpha value is -2.58. The first kappa shape index (κ1) is 18.2. The molecule has 0 radical (unpaired) electrons. The first-order chi connectivity index (χ1) is 12.6. The third-order valence-electron chi connectivity index (χ3n) is 4.37. The summed E-state index contributed by atoms with van der Waals surface area (Å²) in [5, 5.41) is 3.90. The second-order valence-electron chi connectivity index (χ2n) is 6.45.